The van der Waals surface area contributed by atoms with Crippen LogP contribution in [0.3, 0.4) is 0 Å². The highest BCUT2D eigenvalue weighted by Gasteiger charge is 2.19. The number of nitrogens with zero attached hydrogens (tertiary/aromatic N) is 4. The van der Waals surface area contributed by atoms with E-state index in [2.05, 4.69) is 41.8 Å². The number of methoxy groups -OCH3 is 1. The van der Waals surface area contributed by atoms with E-state index in [0.717, 1.165) is 73.0 Å². The first-order chi connectivity index (χ1) is 15.0. The minimum atomic E-state index is 0.117. The smallest absolute Gasteiger partial charge is 0.271 e. The second-order valence-electron chi connectivity index (χ2n) is 8.22. The molecular formula is C24H32N4O2S. The van der Waals surface area contributed by atoms with Crippen LogP contribution in [-0.2, 0) is 26.1 Å². The zero-order valence-corrected chi connectivity index (χ0v) is 19.8. The van der Waals surface area contributed by atoms with Crippen molar-refractivity contribution in [1.82, 2.24) is 19.4 Å². The van der Waals surface area contributed by atoms with Gasteiger partial charge in [-0.15, -0.1) is 11.3 Å². The molecule has 1 aliphatic heterocycles. The van der Waals surface area contributed by atoms with Crippen molar-refractivity contribution >= 4 is 21.6 Å². The van der Waals surface area contributed by atoms with Gasteiger partial charge in [-0.3, -0.25) is 19.2 Å². The summed E-state index contributed by atoms with van der Waals surface area (Å²) < 4.78 is 8.28. The SMILES string of the molecule is CCN(CC)Cc1cc(CN2CCc3nc4c(C)csc4c(=O)n3CC2)ccc1OC. The molecular weight excluding hydrogens is 408 g/mol. The summed E-state index contributed by atoms with van der Waals surface area (Å²) in [6.45, 7) is 12.7. The molecule has 0 saturated carbocycles. The Balaban J connectivity index is 1.52. The van der Waals surface area contributed by atoms with Gasteiger partial charge in [0.1, 0.15) is 16.3 Å². The highest BCUT2D eigenvalue weighted by molar-refractivity contribution is 7.17. The predicted octanol–water partition coefficient (Wildman–Crippen LogP) is 3.68. The molecule has 0 unspecified atom stereocenters. The molecule has 0 atom stereocenters. The molecule has 166 valence electrons. The van der Waals surface area contributed by atoms with Gasteiger partial charge in [0.2, 0.25) is 0 Å². The van der Waals surface area contributed by atoms with Crippen LogP contribution in [-0.4, -0.2) is 52.6 Å². The first kappa shape index (κ1) is 22.0. The Morgan fingerprint density at radius 1 is 1.19 bits per heavy atom. The highest BCUT2D eigenvalue weighted by atomic mass is 32.1. The third kappa shape index (κ3) is 4.54. The Hall–Kier alpha value is -2.22. The number of hydrogen-bond donors (Lipinski definition) is 0. The van der Waals surface area contributed by atoms with E-state index in [9.17, 15) is 4.79 Å². The largest absolute Gasteiger partial charge is 0.496 e. The maximum Gasteiger partial charge on any atom is 0.271 e. The van der Waals surface area contributed by atoms with Crippen LogP contribution in [0.5, 0.6) is 5.75 Å². The van der Waals surface area contributed by atoms with Gasteiger partial charge in [-0.1, -0.05) is 19.9 Å². The number of fused-ring (bicyclic) bond motifs is 2. The van der Waals surface area contributed by atoms with Crippen LogP contribution in [0.4, 0.5) is 0 Å². The van der Waals surface area contributed by atoms with E-state index in [0.29, 0.717) is 6.54 Å². The van der Waals surface area contributed by atoms with Gasteiger partial charge in [-0.2, -0.15) is 0 Å². The molecule has 2 aromatic heterocycles. The molecule has 4 rings (SSSR count). The molecule has 3 heterocycles. The molecule has 0 N–H and O–H groups in total. The fourth-order valence-electron chi connectivity index (χ4n) is 4.35. The first-order valence-corrected chi connectivity index (χ1v) is 12.0. The average molecular weight is 441 g/mol. The molecule has 0 fully saturated rings. The summed E-state index contributed by atoms with van der Waals surface area (Å²) in [5.74, 6) is 1.86. The van der Waals surface area contributed by atoms with E-state index < -0.39 is 0 Å². The monoisotopic (exact) mass is 440 g/mol. The molecule has 0 bridgehead atoms. The Morgan fingerprint density at radius 2 is 2.00 bits per heavy atom. The van der Waals surface area contributed by atoms with Crippen LogP contribution in [0, 0.1) is 6.92 Å². The minimum Gasteiger partial charge on any atom is -0.496 e. The second kappa shape index (κ2) is 9.51. The molecule has 0 radical (unpaired) electrons. The lowest BCUT2D eigenvalue weighted by molar-refractivity contribution is 0.269. The van der Waals surface area contributed by atoms with Gasteiger partial charge in [0, 0.05) is 44.7 Å². The summed E-state index contributed by atoms with van der Waals surface area (Å²) in [7, 11) is 1.74. The van der Waals surface area contributed by atoms with Crippen LogP contribution in [0.15, 0.2) is 28.4 Å². The van der Waals surface area contributed by atoms with Gasteiger partial charge < -0.3 is 4.74 Å². The Kier molecular flexibility index (Phi) is 6.74. The third-order valence-corrected chi connectivity index (χ3v) is 7.34. The molecule has 7 heteroatoms. The highest BCUT2D eigenvalue weighted by Crippen LogP contribution is 2.24. The summed E-state index contributed by atoms with van der Waals surface area (Å²) in [5.41, 5.74) is 4.61. The normalized spacial score (nSPS) is 14.7. The van der Waals surface area contributed by atoms with Crippen LogP contribution in [0.1, 0.15) is 36.4 Å². The first-order valence-electron chi connectivity index (χ1n) is 11.1. The van der Waals surface area contributed by atoms with Gasteiger partial charge in [0.05, 0.1) is 12.6 Å². The zero-order chi connectivity index (χ0) is 22.0. The fraction of sp³-hybridized carbons (Fsp3) is 0.500. The van der Waals surface area contributed by atoms with Crippen LogP contribution in [0.25, 0.3) is 10.2 Å². The van der Waals surface area contributed by atoms with Gasteiger partial charge in [-0.05, 0) is 48.7 Å². The lowest BCUT2D eigenvalue weighted by Crippen LogP contribution is -2.28. The van der Waals surface area contributed by atoms with E-state index >= 15 is 0 Å². The molecule has 0 aliphatic carbocycles. The minimum absolute atomic E-state index is 0.117. The molecule has 0 saturated heterocycles. The third-order valence-electron chi connectivity index (χ3n) is 6.26. The van der Waals surface area contributed by atoms with Crippen molar-refractivity contribution in [1.29, 1.82) is 0 Å². The molecule has 1 aromatic carbocycles. The zero-order valence-electron chi connectivity index (χ0n) is 19.0. The van der Waals surface area contributed by atoms with Gasteiger partial charge in [0.25, 0.3) is 5.56 Å². The van der Waals surface area contributed by atoms with E-state index in [1.54, 1.807) is 7.11 Å². The van der Waals surface area contributed by atoms with Crippen LogP contribution < -0.4 is 10.3 Å². The number of ether oxygens (including phenoxy) is 1. The number of aromatic nitrogens is 2. The Bertz CT molecular complexity index is 1120. The lowest BCUT2D eigenvalue weighted by atomic mass is 10.1. The summed E-state index contributed by atoms with van der Waals surface area (Å²) >= 11 is 1.51. The summed E-state index contributed by atoms with van der Waals surface area (Å²) in [4.78, 5) is 22.7. The van der Waals surface area contributed by atoms with E-state index in [1.165, 1.54) is 22.5 Å². The number of aryl methyl sites for hydroxylation is 1. The number of thiophene rings is 1. The van der Waals surface area contributed by atoms with Crippen LogP contribution >= 0.6 is 11.3 Å². The van der Waals surface area contributed by atoms with Crippen molar-refractivity contribution in [3.63, 3.8) is 0 Å². The van der Waals surface area contributed by atoms with Crippen molar-refractivity contribution in [3.05, 3.63) is 56.4 Å². The van der Waals surface area contributed by atoms with E-state index in [1.807, 2.05) is 16.9 Å². The fourth-order valence-corrected chi connectivity index (χ4v) is 5.28. The Labute approximate surface area is 188 Å². The van der Waals surface area contributed by atoms with E-state index in [-0.39, 0.29) is 5.56 Å². The maximum atomic E-state index is 13.0. The van der Waals surface area contributed by atoms with Gasteiger partial charge >= 0.3 is 0 Å². The molecule has 3 aromatic rings. The van der Waals surface area contributed by atoms with Crippen molar-refractivity contribution in [2.45, 2.75) is 46.8 Å². The number of hydrogen-bond acceptors (Lipinski definition) is 6. The summed E-state index contributed by atoms with van der Waals surface area (Å²) in [5, 5.41) is 2.03. The van der Waals surface area contributed by atoms with Crippen molar-refractivity contribution < 1.29 is 4.74 Å². The van der Waals surface area contributed by atoms with Crippen molar-refractivity contribution in [2.24, 2.45) is 0 Å². The molecule has 1 aliphatic rings. The topological polar surface area (TPSA) is 50.6 Å². The second-order valence-corrected chi connectivity index (χ2v) is 9.09. The number of rotatable bonds is 7. The lowest BCUT2D eigenvalue weighted by Gasteiger charge is -2.22. The molecule has 0 spiro atoms. The van der Waals surface area contributed by atoms with Gasteiger partial charge in [0.15, 0.2) is 0 Å². The van der Waals surface area contributed by atoms with E-state index in [4.69, 9.17) is 9.72 Å². The summed E-state index contributed by atoms with van der Waals surface area (Å²) in [6, 6.07) is 6.52. The van der Waals surface area contributed by atoms with Crippen LogP contribution in [0.2, 0.25) is 0 Å². The van der Waals surface area contributed by atoms with Gasteiger partial charge in [-0.25, -0.2) is 4.98 Å². The average Bonchev–Trinajstić information content (AvgIpc) is 3.03. The quantitative estimate of drug-likeness (QED) is 0.561. The molecule has 0 amide bonds. The molecule has 31 heavy (non-hydrogen) atoms. The molecule has 6 nitrogen and oxygen atoms in total. The van der Waals surface area contributed by atoms with Crippen molar-refractivity contribution in [3.8, 4) is 5.75 Å². The maximum absolute atomic E-state index is 13.0. The van der Waals surface area contributed by atoms with Crippen molar-refractivity contribution in [2.75, 3.05) is 33.3 Å². The standard InChI is InChI=1S/C24H32N4O2S/c1-5-26(6-2)15-19-13-18(7-8-20(19)30-4)14-27-10-9-21-25-22-17(3)16-31-23(22)24(29)28(21)12-11-27/h7-8,13,16H,5-6,9-12,14-15H2,1-4H3. The predicted molar refractivity (Wildman–Crippen MR) is 127 cm³/mol. The summed E-state index contributed by atoms with van der Waals surface area (Å²) in [6.07, 6.45) is 0.795. The number of benzene rings is 1. The Morgan fingerprint density at radius 3 is 2.74 bits per heavy atom.